The molecule has 1 aliphatic rings. The van der Waals surface area contributed by atoms with Gasteiger partial charge in [-0.2, -0.15) is 0 Å². The number of benzene rings is 1. The van der Waals surface area contributed by atoms with E-state index < -0.39 is 0 Å². The molecule has 2 aromatic heterocycles. The van der Waals surface area contributed by atoms with E-state index in [4.69, 9.17) is 0 Å². The maximum absolute atomic E-state index is 13.3. The maximum atomic E-state index is 13.3. The van der Waals surface area contributed by atoms with E-state index >= 15 is 0 Å². The second-order valence-corrected chi connectivity index (χ2v) is 6.72. The highest BCUT2D eigenvalue weighted by Gasteiger charge is 2.22. The molecule has 0 aliphatic carbocycles. The molecule has 1 amide bonds. The zero-order valence-electron chi connectivity index (χ0n) is 15.4. The van der Waals surface area contributed by atoms with E-state index in [-0.39, 0.29) is 17.4 Å². The number of nitrogens with one attached hydrogen (secondary N) is 1. The van der Waals surface area contributed by atoms with Gasteiger partial charge in [0.05, 0.1) is 5.69 Å². The van der Waals surface area contributed by atoms with Gasteiger partial charge in [-0.15, -0.1) is 5.10 Å². The minimum absolute atomic E-state index is 0.233. The summed E-state index contributed by atoms with van der Waals surface area (Å²) in [7, 11) is 0. The molecule has 3 aromatic rings. The summed E-state index contributed by atoms with van der Waals surface area (Å²) in [6, 6.07) is 9.49. The lowest BCUT2D eigenvalue weighted by Crippen LogP contribution is -2.33. The first-order valence-corrected chi connectivity index (χ1v) is 9.35. The summed E-state index contributed by atoms with van der Waals surface area (Å²) >= 11 is 0. The van der Waals surface area contributed by atoms with Gasteiger partial charge in [-0.05, 0) is 62.3 Å². The number of rotatable bonds is 6. The molecule has 1 saturated heterocycles. The molecule has 0 saturated carbocycles. The Kier molecular flexibility index (Phi) is 5.38. The second-order valence-electron chi connectivity index (χ2n) is 6.72. The second kappa shape index (κ2) is 8.26. The lowest BCUT2D eigenvalue weighted by Gasteiger charge is -2.14. The first-order chi connectivity index (χ1) is 13.7. The molecule has 28 heavy (non-hydrogen) atoms. The summed E-state index contributed by atoms with van der Waals surface area (Å²) < 4.78 is 14.9. The van der Waals surface area contributed by atoms with Gasteiger partial charge in [0.1, 0.15) is 11.5 Å². The SMILES string of the molecule is O=C(NCCN1CCCC1)c1nnn(-c2ccc(F)cc2)c1-c1ccncc1. The number of hydrogen-bond acceptors (Lipinski definition) is 5. The van der Waals surface area contributed by atoms with Crippen molar-refractivity contribution in [2.24, 2.45) is 0 Å². The van der Waals surface area contributed by atoms with Gasteiger partial charge >= 0.3 is 0 Å². The van der Waals surface area contributed by atoms with E-state index in [1.807, 2.05) is 0 Å². The summed E-state index contributed by atoms with van der Waals surface area (Å²) in [5.41, 5.74) is 2.16. The van der Waals surface area contributed by atoms with Crippen LogP contribution in [-0.2, 0) is 0 Å². The predicted molar refractivity (Wildman–Crippen MR) is 103 cm³/mol. The van der Waals surface area contributed by atoms with Crippen molar-refractivity contribution in [1.29, 1.82) is 0 Å². The third-order valence-corrected chi connectivity index (χ3v) is 4.82. The lowest BCUT2D eigenvalue weighted by atomic mass is 10.1. The van der Waals surface area contributed by atoms with E-state index in [9.17, 15) is 9.18 Å². The van der Waals surface area contributed by atoms with Crippen LogP contribution in [0.5, 0.6) is 0 Å². The average Bonchev–Trinajstić information content (AvgIpc) is 3.39. The van der Waals surface area contributed by atoms with Crippen molar-refractivity contribution >= 4 is 5.91 Å². The molecular formula is C20H21FN6O. The number of nitrogens with zero attached hydrogens (tertiary/aromatic N) is 5. The van der Waals surface area contributed by atoms with Crippen LogP contribution in [0.2, 0.25) is 0 Å². The molecule has 1 aliphatic heterocycles. The fraction of sp³-hybridized carbons (Fsp3) is 0.300. The highest BCUT2D eigenvalue weighted by molar-refractivity contribution is 5.98. The molecular weight excluding hydrogens is 359 g/mol. The molecule has 1 fully saturated rings. The van der Waals surface area contributed by atoms with E-state index in [1.54, 1.807) is 41.3 Å². The number of carbonyl (C=O) groups is 1. The molecule has 1 N–H and O–H groups in total. The summed E-state index contributed by atoms with van der Waals surface area (Å²) in [6.45, 7) is 3.54. The normalized spacial score (nSPS) is 14.3. The maximum Gasteiger partial charge on any atom is 0.274 e. The third-order valence-electron chi connectivity index (χ3n) is 4.82. The quantitative estimate of drug-likeness (QED) is 0.710. The number of amides is 1. The third kappa shape index (κ3) is 3.91. The van der Waals surface area contributed by atoms with Crippen LogP contribution in [-0.4, -0.2) is 57.0 Å². The summed E-state index contributed by atoms with van der Waals surface area (Å²) in [5.74, 6) is -0.617. The molecule has 4 rings (SSSR count). The van der Waals surface area contributed by atoms with Gasteiger partial charge in [0.2, 0.25) is 0 Å². The van der Waals surface area contributed by atoms with Crippen molar-refractivity contribution in [1.82, 2.24) is 30.2 Å². The molecule has 8 heteroatoms. The molecule has 0 unspecified atom stereocenters. The molecule has 1 aromatic carbocycles. The number of pyridine rings is 1. The lowest BCUT2D eigenvalue weighted by molar-refractivity contribution is 0.0945. The minimum Gasteiger partial charge on any atom is -0.349 e. The smallest absolute Gasteiger partial charge is 0.274 e. The van der Waals surface area contributed by atoms with Gasteiger partial charge in [0, 0.05) is 31.0 Å². The molecule has 0 radical (unpaired) electrons. The standard InChI is InChI=1S/C20H21FN6O/c21-16-3-5-17(6-4-16)27-19(15-7-9-22-10-8-15)18(24-25-27)20(28)23-11-14-26-12-1-2-13-26/h3-10H,1-2,11-14H2,(H,23,28). The highest BCUT2D eigenvalue weighted by atomic mass is 19.1. The molecule has 144 valence electrons. The first-order valence-electron chi connectivity index (χ1n) is 9.35. The Labute approximate surface area is 162 Å². The Morgan fingerprint density at radius 1 is 1.07 bits per heavy atom. The van der Waals surface area contributed by atoms with Crippen molar-refractivity contribution in [3.63, 3.8) is 0 Å². The summed E-state index contributed by atoms with van der Waals surface area (Å²) in [4.78, 5) is 19.2. The Balaban J connectivity index is 1.61. The molecule has 0 bridgehead atoms. The van der Waals surface area contributed by atoms with Crippen LogP contribution in [0.25, 0.3) is 16.9 Å². The fourth-order valence-electron chi connectivity index (χ4n) is 3.38. The monoisotopic (exact) mass is 380 g/mol. The Morgan fingerprint density at radius 2 is 1.79 bits per heavy atom. The molecule has 7 nitrogen and oxygen atoms in total. The Hall–Kier alpha value is -3.13. The number of carbonyl (C=O) groups excluding carboxylic acids is 1. The number of halogens is 1. The van der Waals surface area contributed by atoms with Gasteiger partial charge in [-0.25, -0.2) is 9.07 Å². The molecule has 3 heterocycles. The van der Waals surface area contributed by atoms with Crippen LogP contribution < -0.4 is 5.32 Å². The van der Waals surface area contributed by atoms with Crippen molar-refractivity contribution in [3.05, 3.63) is 60.3 Å². The van der Waals surface area contributed by atoms with Crippen molar-refractivity contribution in [2.45, 2.75) is 12.8 Å². The van der Waals surface area contributed by atoms with Crippen molar-refractivity contribution in [2.75, 3.05) is 26.2 Å². The Bertz CT molecular complexity index is 935. The van der Waals surface area contributed by atoms with Crippen LogP contribution in [0, 0.1) is 5.82 Å². The van der Waals surface area contributed by atoms with Gasteiger partial charge in [-0.3, -0.25) is 9.78 Å². The predicted octanol–water partition coefficient (Wildman–Crippen LogP) is 2.29. The topological polar surface area (TPSA) is 75.9 Å². The van der Waals surface area contributed by atoms with Gasteiger partial charge in [0.25, 0.3) is 5.91 Å². The van der Waals surface area contributed by atoms with E-state index in [1.165, 1.54) is 25.0 Å². The van der Waals surface area contributed by atoms with Gasteiger partial charge in [-0.1, -0.05) is 5.21 Å². The van der Waals surface area contributed by atoms with Crippen molar-refractivity contribution in [3.8, 4) is 16.9 Å². The van der Waals surface area contributed by atoms with Crippen LogP contribution in [0.4, 0.5) is 4.39 Å². The zero-order valence-corrected chi connectivity index (χ0v) is 15.4. The van der Waals surface area contributed by atoms with Crippen LogP contribution >= 0.6 is 0 Å². The van der Waals surface area contributed by atoms with Crippen molar-refractivity contribution < 1.29 is 9.18 Å². The van der Waals surface area contributed by atoms with Crippen LogP contribution in [0.1, 0.15) is 23.3 Å². The molecule has 0 atom stereocenters. The van der Waals surface area contributed by atoms with Gasteiger partial charge in [0.15, 0.2) is 5.69 Å². The fourth-order valence-corrected chi connectivity index (χ4v) is 3.38. The largest absolute Gasteiger partial charge is 0.349 e. The minimum atomic E-state index is -0.339. The zero-order chi connectivity index (χ0) is 19.3. The summed E-state index contributed by atoms with van der Waals surface area (Å²) in [5, 5.41) is 11.2. The first kappa shape index (κ1) is 18.2. The number of aromatic nitrogens is 4. The van der Waals surface area contributed by atoms with E-state index in [0.717, 1.165) is 25.2 Å². The number of likely N-dealkylation sites (tertiary alicyclic amines) is 1. The van der Waals surface area contributed by atoms with E-state index in [2.05, 4.69) is 25.5 Å². The number of hydrogen-bond donors (Lipinski definition) is 1. The molecule has 0 spiro atoms. The van der Waals surface area contributed by atoms with Crippen LogP contribution in [0.3, 0.4) is 0 Å². The highest BCUT2D eigenvalue weighted by Crippen LogP contribution is 2.25. The Morgan fingerprint density at radius 3 is 2.50 bits per heavy atom. The average molecular weight is 380 g/mol. The van der Waals surface area contributed by atoms with Gasteiger partial charge < -0.3 is 10.2 Å². The summed E-state index contributed by atoms with van der Waals surface area (Å²) in [6.07, 6.45) is 5.72. The van der Waals surface area contributed by atoms with Crippen LogP contribution in [0.15, 0.2) is 48.8 Å². The van der Waals surface area contributed by atoms with E-state index in [0.29, 0.717) is 17.9 Å².